The molecule has 1 unspecified atom stereocenters. The van der Waals surface area contributed by atoms with E-state index in [1.165, 1.54) is 0 Å². The Morgan fingerprint density at radius 3 is 2.88 bits per heavy atom. The summed E-state index contributed by atoms with van der Waals surface area (Å²) in [6, 6.07) is 1.73. The van der Waals surface area contributed by atoms with Crippen molar-refractivity contribution in [2.24, 2.45) is 0 Å². The third-order valence-electron chi connectivity index (χ3n) is 2.22. The summed E-state index contributed by atoms with van der Waals surface area (Å²) in [4.78, 5) is 8.30. The lowest BCUT2D eigenvalue weighted by molar-refractivity contribution is 0.164. The van der Waals surface area contributed by atoms with Crippen LogP contribution in [0.4, 0.5) is 5.95 Å². The Kier molecular flexibility index (Phi) is 5.69. The predicted octanol–water partition coefficient (Wildman–Crippen LogP) is 1.84. The molecule has 0 aliphatic carbocycles. The fourth-order valence-electron chi connectivity index (χ4n) is 1.29. The van der Waals surface area contributed by atoms with Crippen molar-refractivity contribution in [1.29, 1.82) is 0 Å². The van der Waals surface area contributed by atoms with Gasteiger partial charge in [0.25, 0.3) is 0 Å². The summed E-state index contributed by atoms with van der Waals surface area (Å²) in [5.41, 5.74) is 0. The molecule has 0 saturated heterocycles. The fraction of sp³-hybridized carbons (Fsp3) is 0.667. The van der Waals surface area contributed by atoms with Crippen LogP contribution < -0.4 is 10.1 Å². The summed E-state index contributed by atoms with van der Waals surface area (Å²) in [7, 11) is 0. The third kappa shape index (κ3) is 5.49. The smallest absolute Gasteiger partial charge is 0.225 e. The van der Waals surface area contributed by atoms with Crippen LogP contribution in [-0.2, 0) is 0 Å². The van der Waals surface area contributed by atoms with Crippen molar-refractivity contribution < 1.29 is 9.84 Å². The Bertz CT molecular complexity index is 331. The summed E-state index contributed by atoms with van der Waals surface area (Å²) < 4.78 is 5.46. The number of hydrogen-bond acceptors (Lipinski definition) is 5. The van der Waals surface area contributed by atoms with Crippen LogP contribution in [0.25, 0.3) is 0 Å². The highest BCUT2D eigenvalue weighted by Crippen LogP contribution is 2.10. The number of nitrogens with one attached hydrogen (secondary N) is 1. The van der Waals surface area contributed by atoms with Gasteiger partial charge in [-0.3, -0.25) is 0 Å². The van der Waals surface area contributed by atoms with Crippen molar-refractivity contribution in [2.75, 3.05) is 11.9 Å². The lowest BCUT2D eigenvalue weighted by Gasteiger charge is -2.11. The van der Waals surface area contributed by atoms with Gasteiger partial charge in [-0.1, -0.05) is 6.92 Å². The number of rotatable bonds is 7. The molecule has 1 atom stereocenters. The molecule has 0 aliphatic rings. The molecule has 0 spiro atoms. The highest BCUT2D eigenvalue weighted by atomic mass is 16.5. The second-order valence-corrected chi connectivity index (χ2v) is 4.16. The summed E-state index contributed by atoms with van der Waals surface area (Å²) in [5.74, 6) is 1.10. The van der Waals surface area contributed by atoms with E-state index in [0.29, 0.717) is 24.8 Å². The van der Waals surface area contributed by atoms with Crippen LogP contribution in [0, 0.1) is 0 Å². The van der Waals surface area contributed by atoms with Crippen LogP contribution in [0.15, 0.2) is 12.3 Å². The Labute approximate surface area is 102 Å². The van der Waals surface area contributed by atoms with E-state index in [4.69, 9.17) is 4.74 Å². The largest absolute Gasteiger partial charge is 0.475 e. The Morgan fingerprint density at radius 1 is 1.47 bits per heavy atom. The van der Waals surface area contributed by atoms with Gasteiger partial charge in [-0.25, -0.2) is 4.98 Å². The number of aromatic nitrogens is 2. The standard InChI is InChI=1S/C12H21N3O2/c1-4-10(16)5-7-13-12-14-8-6-11(15-12)17-9(2)3/h6,8-10,16H,4-5,7H2,1-3H3,(H,13,14,15). The monoisotopic (exact) mass is 239 g/mol. The van der Waals surface area contributed by atoms with Gasteiger partial charge in [0.2, 0.25) is 11.8 Å². The molecule has 17 heavy (non-hydrogen) atoms. The number of aliphatic hydroxyl groups excluding tert-OH is 1. The quantitative estimate of drug-likeness (QED) is 0.760. The number of ether oxygens (including phenoxy) is 1. The molecule has 0 radical (unpaired) electrons. The van der Waals surface area contributed by atoms with Crippen molar-refractivity contribution >= 4 is 5.95 Å². The van der Waals surface area contributed by atoms with E-state index in [1.807, 2.05) is 20.8 Å². The molecule has 0 aliphatic heterocycles. The number of hydrogen-bond donors (Lipinski definition) is 2. The molecule has 5 heteroatoms. The van der Waals surface area contributed by atoms with Crippen LogP contribution in [0.2, 0.25) is 0 Å². The Hall–Kier alpha value is -1.36. The van der Waals surface area contributed by atoms with Crippen LogP contribution in [0.3, 0.4) is 0 Å². The average molecular weight is 239 g/mol. The summed E-state index contributed by atoms with van der Waals surface area (Å²) >= 11 is 0. The normalized spacial score (nSPS) is 12.5. The van der Waals surface area contributed by atoms with Crippen LogP contribution in [0.5, 0.6) is 5.88 Å². The van der Waals surface area contributed by atoms with Crippen molar-refractivity contribution in [3.05, 3.63) is 12.3 Å². The maximum absolute atomic E-state index is 9.40. The zero-order valence-electron chi connectivity index (χ0n) is 10.7. The average Bonchev–Trinajstić information content (AvgIpc) is 2.28. The first kappa shape index (κ1) is 13.7. The summed E-state index contributed by atoms with van der Waals surface area (Å²) in [6.45, 7) is 6.51. The van der Waals surface area contributed by atoms with Gasteiger partial charge in [-0.05, 0) is 26.7 Å². The number of aliphatic hydroxyl groups is 1. The van der Waals surface area contributed by atoms with E-state index in [1.54, 1.807) is 12.3 Å². The third-order valence-corrected chi connectivity index (χ3v) is 2.22. The lowest BCUT2D eigenvalue weighted by atomic mass is 10.2. The fourth-order valence-corrected chi connectivity index (χ4v) is 1.29. The van der Waals surface area contributed by atoms with Crippen LogP contribution >= 0.6 is 0 Å². The highest BCUT2D eigenvalue weighted by molar-refractivity contribution is 5.27. The van der Waals surface area contributed by atoms with Crippen molar-refractivity contribution in [3.63, 3.8) is 0 Å². The van der Waals surface area contributed by atoms with E-state index in [9.17, 15) is 5.11 Å². The molecule has 0 fully saturated rings. The molecule has 1 rings (SSSR count). The van der Waals surface area contributed by atoms with E-state index in [0.717, 1.165) is 6.42 Å². The van der Waals surface area contributed by atoms with Crippen LogP contribution in [0.1, 0.15) is 33.6 Å². The van der Waals surface area contributed by atoms with Gasteiger partial charge in [0.15, 0.2) is 0 Å². The Balaban J connectivity index is 2.43. The molecule has 1 aromatic heterocycles. The van der Waals surface area contributed by atoms with E-state index in [2.05, 4.69) is 15.3 Å². The molecule has 0 saturated carbocycles. The predicted molar refractivity (Wildman–Crippen MR) is 67.2 cm³/mol. The van der Waals surface area contributed by atoms with E-state index < -0.39 is 0 Å². The number of anilines is 1. The van der Waals surface area contributed by atoms with Gasteiger partial charge >= 0.3 is 0 Å². The maximum Gasteiger partial charge on any atom is 0.225 e. The van der Waals surface area contributed by atoms with Gasteiger partial charge in [0.05, 0.1) is 12.2 Å². The minimum absolute atomic E-state index is 0.0969. The number of nitrogens with zero attached hydrogens (tertiary/aromatic N) is 2. The molecule has 2 N–H and O–H groups in total. The zero-order valence-corrected chi connectivity index (χ0v) is 10.7. The topological polar surface area (TPSA) is 67.3 Å². The molecule has 0 bridgehead atoms. The summed E-state index contributed by atoms with van der Waals surface area (Å²) in [5, 5.41) is 12.5. The SMILES string of the molecule is CCC(O)CCNc1nccc(OC(C)C)n1. The van der Waals surface area contributed by atoms with Gasteiger partial charge in [0, 0.05) is 18.8 Å². The molecular formula is C12H21N3O2. The molecule has 1 heterocycles. The van der Waals surface area contributed by atoms with Crippen molar-refractivity contribution in [1.82, 2.24) is 9.97 Å². The minimum Gasteiger partial charge on any atom is -0.475 e. The first-order valence-electron chi connectivity index (χ1n) is 6.03. The Morgan fingerprint density at radius 2 is 2.24 bits per heavy atom. The van der Waals surface area contributed by atoms with Crippen LogP contribution in [-0.4, -0.2) is 33.8 Å². The second kappa shape index (κ2) is 7.06. The van der Waals surface area contributed by atoms with Crippen molar-refractivity contribution in [3.8, 4) is 5.88 Å². The van der Waals surface area contributed by atoms with Gasteiger partial charge < -0.3 is 15.2 Å². The minimum atomic E-state index is -0.266. The van der Waals surface area contributed by atoms with E-state index >= 15 is 0 Å². The first-order valence-corrected chi connectivity index (χ1v) is 6.03. The first-order chi connectivity index (χ1) is 8.11. The molecule has 96 valence electrons. The highest BCUT2D eigenvalue weighted by Gasteiger charge is 2.03. The van der Waals surface area contributed by atoms with E-state index in [-0.39, 0.29) is 12.2 Å². The lowest BCUT2D eigenvalue weighted by Crippen LogP contribution is -2.14. The molecule has 5 nitrogen and oxygen atoms in total. The molecule has 0 amide bonds. The van der Waals surface area contributed by atoms with Gasteiger partial charge in [-0.15, -0.1) is 0 Å². The molecule has 1 aromatic rings. The second-order valence-electron chi connectivity index (χ2n) is 4.16. The molecule has 0 aromatic carbocycles. The summed E-state index contributed by atoms with van der Waals surface area (Å²) in [6.07, 6.45) is 2.94. The zero-order chi connectivity index (χ0) is 12.7. The van der Waals surface area contributed by atoms with Gasteiger partial charge in [-0.2, -0.15) is 4.98 Å². The van der Waals surface area contributed by atoms with Gasteiger partial charge in [0.1, 0.15) is 0 Å². The van der Waals surface area contributed by atoms with Crippen molar-refractivity contribution in [2.45, 2.75) is 45.8 Å². The maximum atomic E-state index is 9.40. The molecular weight excluding hydrogens is 218 g/mol.